The van der Waals surface area contributed by atoms with Gasteiger partial charge in [-0.1, -0.05) is 18.2 Å². The van der Waals surface area contributed by atoms with Crippen molar-refractivity contribution in [2.45, 2.75) is 26.9 Å². The standard InChI is InChI=1S/C16H22FN5.HI/c1-3-18-16(19-8-9-22-12-13(2)10-21-22)20-11-14-6-4-5-7-15(14)17;/h4-7,10,12H,3,8-9,11H2,1-2H3,(H2,18,19,20);1H. The molecular weight excluding hydrogens is 408 g/mol. The van der Waals surface area contributed by atoms with Crippen molar-refractivity contribution < 1.29 is 4.39 Å². The molecule has 23 heavy (non-hydrogen) atoms. The molecular formula is C16H23FIN5. The van der Waals surface area contributed by atoms with Crippen LogP contribution in [-0.4, -0.2) is 28.8 Å². The van der Waals surface area contributed by atoms with E-state index in [4.69, 9.17) is 0 Å². The van der Waals surface area contributed by atoms with Gasteiger partial charge in [-0.15, -0.1) is 24.0 Å². The topological polar surface area (TPSA) is 54.2 Å². The average molecular weight is 431 g/mol. The Morgan fingerprint density at radius 3 is 2.74 bits per heavy atom. The van der Waals surface area contributed by atoms with Crippen molar-refractivity contribution in [3.05, 3.63) is 53.6 Å². The molecule has 1 aromatic heterocycles. The van der Waals surface area contributed by atoms with Crippen LogP contribution in [0.5, 0.6) is 0 Å². The van der Waals surface area contributed by atoms with Gasteiger partial charge in [0.15, 0.2) is 5.96 Å². The van der Waals surface area contributed by atoms with Crippen LogP contribution < -0.4 is 10.6 Å². The van der Waals surface area contributed by atoms with Gasteiger partial charge in [0.2, 0.25) is 0 Å². The number of nitrogens with zero attached hydrogens (tertiary/aromatic N) is 3. The van der Waals surface area contributed by atoms with Crippen LogP contribution in [0.1, 0.15) is 18.1 Å². The maximum atomic E-state index is 13.6. The van der Waals surface area contributed by atoms with Crippen LogP contribution in [0.4, 0.5) is 4.39 Å². The van der Waals surface area contributed by atoms with E-state index in [2.05, 4.69) is 20.7 Å². The van der Waals surface area contributed by atoms with Gasteiger partial charge in [0.25, 0.3) is 0 Å². The zero-order valence-electron chi connectivity index (χ0n) is 13.4. The highest BCUT2D eigenvalue weighted by Gasteiger charge is 2.01. The zero-order valence-corrected chi connectivity index (χ0v) is 15.8. The third kappa shape index (κ3) is 6.55. The third-order valence-electron chi connectivity index (χ3n) is 3.11. The van der Waals surface area contributed by atoms with E-state index in [0.29, 0.717) is 24.6 Å². The molecule has 7 heteroatoms. The van der Waals surface area contributed by atoms with Crippen LogP contribution in [0.3, 0.4) is 0 Å². The minimum absolute atomic E-state index is 0. The molecule has 0 saturated heterocycles. The van der Waals surface area contributed by atoms with Gasteiger partial charge in [0.1, 0.15) is 5.82 Å². The summed E-state index contributed by atoms with van der Waals surface area (Å²) in [6, 6.07) is 6.69. The summed E-state index contributed by atoms with van der Waals surface area (Å²) in [4.78, 5) is 4.41. The second kappa shape index (κ2) is 10.2. The molecule has 0 aliphatic carbocycles. The molecule has 0 spiro atoms. The van der Waals surface area contributed by atoms with E-state index < -0.39 is 0 Å². The summed E-state index contributed by atoms with van der Waals surface area (Å²) in [7, 11) is 0. The monoisotopic (exact) mass is 431 g/mol. The Balaban J connectivity index is 0.00000264. The highest BCUT2D eigenvalue weighted by molar-refractivity contribution is 14.0. The van der Waals surface area contributed by atoms with Gasteiger partial charge >= 0.3 is 0 Å². The Labute approximate surface area is 153 Å². The van der Waals surface area contributed by atoms with Crippen molar-refractivity contribution in [3.63, 3.8) is 0 Å². The van der Waals surface area contributed by atoms with Crippen LogP contribution in [0.2, 0.25) is 0 Å². The van der Waals surface area contributed by atoms with Crippen LogP contribution in [0.25, 0.3) is 0 Å². The Morgan fingerprint density at radius 1 is 1.30 bits per heavy atom. The second-order valence-electron chi connectivity index (χ2n) is 4.99. The Kier molecular flexibility index (Phi) is 8.60. The fourth-order valence-corrected chi connectivity index (χ4v) is 2.01. The molecule has 1 aromatic carbocycles. The SMILES string of the molecule is CCNC(=NCc1ccccc1F)NCCn1cc(C)cn1.I. The zero-order chi connectivity index (χ0) is 15.8. The van der Waals surface area contributed by atoms with Crippen molar-refractivity contribution in [3.8, 4) is 0 Å². The molecule has 2 aromatic rings. The van der Waals surface area contributed by atoms with Crippen LogP contribution in [0.15, 0.2) is 41.7 Å². The van der Waals surface area contributed by atoms with Gasteiger partial charge in [-0.25, -0.2) is 9.38 Å². The summed E-state index contributed by atoms with van der Waals surface area (Å²) in [5.74, 6) is 0.448. The lowest BCUT2D eigenvalue weighted by Gasteiger charge is -2.11. The smallest absolute Gasteiger partial charge is 0.191 e. The number of halogens is 2. The Hall–Kier alpha value is -1.64. The molecule has 0 saturated carbocycles. The number of aromatic nitrogens is 2. The Bertz CT molecular complexity index is 626. The minimum atomic E-state index is -0.228. The van der Waals surface area contributed by atoms with Crippen molar-refractivity contribution in [1.29, 1.82) is 0 Å². The summed E-state index contributed by atoms with van der Waals surface area (Å²) in [6.07, 6.45) is 3.82. The first-order valence-corrected chi connectivity index (χ1v) is 7.43. The number of nitrogens with one attached hydrogen (secondary N) is 2. The number of guanidine groups is 1. The van der Waals surface area contributed by atoms with Crippen molar-refractivity contribution >= 4 is 29.9 Å². The third-order valence-corrected chi connectivity index (χ3v) is 3.11. The molecule has 0 aliphatic rings. The summed E-state index contributed by atoms with van der Waals surface area (Å²) in [5, 5.41) is 10.6. The number of rotatable bonds is 6. The van der Waals surface area contributed by atoms with E-state index in [0.717, 1.165) is 18.7 Å². The molecule has 0 aliphatic heterocycles. The minimum Gasteiger partial charge on any atom is -0.357 e. The maximum absolute atomic E-state index is 13.6. The lowest BCUT2D eigenvalue weighted by Crippen LogP contribution is -2.38. The van der Waals surface area contributed by atoms with E-state index in [1.165, 1.54) is 6.07 Å². The summed E-state index contributed by atoms with van der Waals surface area (Å²) >= 11 is 0. The molecule has 1 heterocycles. The van der Waals surface area contributed by atoms with Crippen LogP contribution >= 0.6 is 24.0 Å². The van der Waals surface area contributed by atoms with Crippen LogP contribution in [0, 0.1) is 12.7 Å². The summed E-state index contributed by atoms with van der Waals surface area (Å²) < 4.78 is 15.5. The van der Waals surface area contributed by atoms with Crippen molar-refractivity contribution in [2.24, 2.45) is 4.99 Å². The first-order valence-electron chi connectivity index (χ1n) is 7.43. The number of hydrogen-bond donors (Lipinski definition) is 2. The molecule has 0 atom stereocenters. The van der Waals surface area contributed by atoms with Gasteiger partial charge in [-0.3, -0.25) is 4.68 Å². The lowest BCUT2D eigenvalue weighted by atomic mass is 10.2. The van der Waals surface area contributed by atoms with Gasteiger partial charge in [-0.2, -0.15) is 5.10 Å². The first kappa shape index (κ1) is 19.4. The maximum Gasteiger partial charge on any atom is 0.191 e. The second-order valence-corrected chi connectivity index (χ2v) is 4.99. The van der Waals surface area contributed by atoms with Gasteiger partial charge in [0, 0.05) is 24.8 Å². The van der Waals surface area contributed by atoms with Crippen molar-refractivity contribution in [2.75, 3.05) is 13.1 Å². The number of benzene rings is 1. The summed E-state index contributed by atoms with van der Waals surface area (Å²) in [5.41, 5.74) is 1.72. The van der Waals surface area contributed by atoms with E-state index in [1.807, 2.05) is 37.0 Å². The highest BCUT2D eigenvalue weighted by atomic mass is 127. The average Bonchev–Trinajstić information content (AvgIpc) is 2.92. The molecule has 0 radical (unpaired) electrons. The largest absolute Gasteiger partial charge is 0.357 e. The van der Waals surface area contributed by atoms with E-state index >= 15 is 0 Å². The fourth-order valence-electron chi connectivity index (χ4n) is 2.01. The highest BCUT2D eigenvalue weighted by Crippen LogP contribution is 2.07. The van der Waals surface area contributed by atoms with E-state index in [-0.39, 0.29) is 29.8 Å². The summed E-state index contributed by atoms with van der Waals surface area (Å²) in [6.45, 7) is 6.52. The van der Waals surface area contributed by atoms with Gasteiger partial charge in [-0.05, 0) is 25.5 Å². The number of aryl methyl sites for hydroxylation is 1. The molecule has 2 rings (SSSR count). The normalized spacial score (nSPS) is 11.0. The lowest BCUT2D eigenvalue weighted by molar-refractivity contribution is 0.596. The predicted molar refractivity (Wildman–Crippen MR) is 102 cm³/mol. The van der Waals surface area contributed by atoms with Crippen molar-refractivity contribution in [1.82, 2.24) is 20.4 Å². The number of aliphatic imine (C=N–C) groups is 1. The van der Waals surface area contributed by atoms with E-state index in [1.54, 1.807) is 12.1 Å². The fraction of sp³-hybridized carbons (Fsp3) is 0.375. The molecule has 126 valence electrons. The Morgan fingerprint density at radius 2 is 2.09 bits per heavy atom. The molecule has 5 nitrogen and oxygen atoms in total. The van der Waals surface area contributed by atoms with Gasteiger partial charge < -0.3 is 10.6 Å². The van der Waals surface area contributed by atoms with Crippen LogP contribution in [-0.2, 0) is 13.1 Å². The molecule has 0 unspecified atom stereocenters. The number of hydrogen-bond acceptors (Lipinski definition) is 2. The molecule has 0 amide bonds. The molecule has 0 bridgehead atoms. The quantitative estimate of drug-likeness (QED) is 0.420. The predicted octanol–water partition coefficient (Wildman–Crippen LogP) is 2.70. The molecule has 2 N–H and O–H groups in total. The van der Waals surface area contributed by atoms with E-state index in [9.17, 15) is 4.39 Å². The van der Waals surface area contributed by atoms with Gasteiger partial charge in [0.05, 0.1) is 19.3 Å². The molecule has 0 fully saturated rings. The first-order chi connectivity index (χ1) is 10.7.